The summed E-state index contributed by atoms with van der Waals surface area (Å²) in [4.78, 5) is 0. The van der Waals surface area contributed by atoms with Gasteiger partial charge in [0.1, 0.15) is 5.83 Å². The van der Waals surface area contributed by atoms with E-state index < -0.39 is 46.3 Å². The van der Waals surface area contributed by atoms with Crippen LogP contribution in [0.4, 0.5) is 30.7 Å². The van der Waals surface area contributed by atoms with Gasteiger partial charge in [-0.1, -0.05) is 0 Å². The summed E-state index contributed by atoms with van der Waals surface area (Å²) < 4.78 is 88.6. The van der Waals surface area contributed by atoms with Crippen LogP contribution in [0.15, 0.2) is 24.0 Å². The normalized spacial score (nSPS) is 12.2. The van der Waals surface area contributed by atoms with Gasteiger partial charge < -0.3 is 0 Å². The highest BCUT2D eigenvalue weighted by atomic mass is 19.3. The molecule has 0 atom stereocenters. The molecule has 1 aromatic rings. The Morgan fingerprint density at radius 1 is 0.778 bits per heavy atom. The molecule has 0 aliphatic heterocycles. The zero-order valence-corrected chi connectivity index (χ0v) is 8.80. The Morgan fingerprint density at radius 3 is 1.50 bits per heavy atom. The number of halogens is 7. The van der Waals surface area contributed by atoms with Crippen molar-refractivity contribution in [3.63, 3.8) is 0 Å². The fourth-order valence-corrected chi connectivity index (χ4v) is 1.20. The Labute approximate surface area is 97.0 Å². The smallest absolute Gasteiger partial charge is 0.209 e. The van der Waals surface area contributed by atoms with Gasteiger partial charge in [0.05, 0.1) is 0 Å². The van der Waals surface area contributed by atoms with Crippen LogP contribution in [0.3, 0.4) is 0 Å². The van der Waals surface area contributed by atoms with Gasteiger partial charge >= 0.3 is 6.08 Å². The molecule has 0 saturated carbocycles. The van der Waals surface area contributed by atoms with Crippen molar-refractivity contribution in [2.75, 3.05) is 0 Å². The van der Waals surface area contributed by atoms with E-state index in [4.69, 9.17) is 0 Å². The zero-order valence-electron chi connectivity index (χ0n) is 8.80. The van der Waals surface area contributed by atoms with Gasteiger partial charge in [-0.3, -0.25) is 0 Å². The summed E-state index contributed by atoms with van der Waals surface area (Å²) in [6.45, 7) is 0.619. The molecule has 0 heterocycles. The van der Waals surface area contributed by atoms with E-state index in [1.165, 1.54) is 0 Å². The van der Waals surface area contributed by atoms with Gasteiger partial charge in [-0.05, 0) is 19.1 Å². The van der Waals surface area contributed by atoms with E-state index in [1.807, 2.05) is 0 Å². The first-order valence-electron chi connectivity index (χ1n) is 4.48. The summed E-state index contributed by atoms with van der Waals surface area (Å²) in [6, 6.07) is 0.132. The molecule has 0 radical (unpaired) electrons. The Bertz CT molecular complexity index is 486. The monoisotopic (exact) mass is 270 g/mol. The van der Waals surface area contributed by atoms with Crippen molar-refractivity contribution >= 4 is 11.7 Å². The van der Waals surface area contributed by atoms with E-state index in [-0.39, 0.29) is 12.1 Å². The molecule has 98 valence electrons. The number of rotatable bonds is 2. The summed E-state index contributed by atoms with van der Waals surface area (Å²) in [5, 5.41) is 0. The average Bonchev–Trinajstić information content (AvgIpc) is 2.29. The predicted molar refractivity (Wildman–Crippen MR) is 51.4 cm³/mol. The first-order chi connectivity index (χ1) is 8.25. The van der Waals surface area contributed by atoms with Crippen LogP contribution in [-0.4, -0.2) is 0 Å². The molecular weight excluding hydrogens is 265 g/mol. The molecule has 0 nitrogen and oxygen atoms in total. The molecule has 0 N–H and O–H groups in total. The third-order valence-electron chi connectivity index (χ3n) is 2.00. The number of allylic oxidation sites excluding steroid dienone is 1. The van der Waals surface area contributed by atoms with E-state index in [0.717, 1.165) is 0 Å². The van der Waals surface area contributed by atoms with Gasteiger partial charge in [0.2, 0.25) is 0 Å². The lowest BCUT2D eigenvalue weighted by molar-refractivity contribution is 0.410. The van der Waals surface area contributed by atoms with Crippen molar-refractivity contribution in [3.8, 4) is 0 Å². The van der Waals surface area contributed by atoms with Gasteiger partial charge in [-0.25, -0.2) is 22.0 Å². The molecule has 0 spiro atoms. The third kappa shape index (κ3) is 2.72. The van der Waals surface area contributed by atoms with Gasteiger partial charge in [0.15, 0.2) is 23.3 Å². The van der Waals surface area contributed by atoms with E-state index in [1.54, 1.807) is 0 Å². The lowest BCUT2D eigenvalue weighted by Gasteiger charge is -2.07. The van der Waals surface area contributed by atoms with Crippen LogP contribution < -0.4 is 0 Å². The molecule has 0 bridgehead atoms. The molecule has 0 fully saturated rings. The summed E-state index contributed by atoms with van der Waals surface area (Å²) in [6.07, 6.45) is -2.86. The van der Waals surface area contributed by atoms with Gasteiger partial charge in [-0.15, -0.1) is 0 Å². The molecule has 7 heteroatoms. The minimum absolute atomic E-state index is 0.0294. The van der Waals surface area contributed by atoms with E-state index in [2.05, 4.69) is 0 Å². The second-order valence-electron chi connectivity index (χ2n) is 3.23. The van der Waals surface area contributed by atoms with Crippen LogP contribution >= 0.6 is 0 Å². The topological polar surface area (TPSA) is 0 Å². The van der Waals surface area contributed by atoms with Crippen molar-refractivity contribution in [1.29, 1.82) is 0 Å². The van der Waals surface area contributed by atoms with Crippen LogP contribution in [0.2, 0.25) is 0 Å². The standard InChI is InChI=1S/C11H5F7/c1-4(12)9(15)5-2-7(13)8(14)3-6(5)10(16)11(17)18/h2-3H,1H3/b9-4+. The fourth-order valence-electron chi connectivity index (χ4n) is 1.20. The predicted octanol–water partition coefficient (Wildman–Crippen LogP) is 5.13. The molecule has 18 heavy (non-hydrogen) atoms. The van der Waals surface area contributed by atoms with Crippen molar-refractivity contribution in [1.82, 2.24) is 0 Å². The minimum atomic E-state index is -2.86. The summed E-state index contributed by atoms with van der Waals surface area (Å²) in [5.74, 6) is -8.75. The maximum atomic E-state index is 13.2. The third-order valence-corrected chi connectivity index (χ3v) is 2.00. The summed E-state index contributed by atoms with van der Waals surface area (Å²) >= 11 is 0. The maximum absolute atomic E-state index is 13.2. The van der Waals surface area contributed by atoms with Crippen molar-refractivity contribution in [2.45, 2.75) is 6.92 Å². The molecule has 1 rings (SSSR count). The quantitative estimate of drug-likeness (QED) is 0.654. The van der Waals surface area contributed by atoms with Gasteiger partial charge in [0, 0.05) is 11.1 Å². The lowest BCUT2D eigenvalue weighted by atomic mass is 10.0. The highest BCUT2D eigenvalue weighted by Crippen LogP contribution is 2.33. The zero-order chi connectivity index (χ0) is 14.0. The molecule has 0 saturated heterocycles. The molecule has 0 aliphatic rings. The molecule has 0 aromatic heterocycles. The van der Waals surface area contributed by atoms with Crippen molar-refractivity contribution in [2.24, 2.45) is 0 Å². The van der Waals surface area contributed by atoms with Crippen LogP contribution in [-0.2, 0) is 0 Å². The second-order valence-corrected chi connectivity index (χ2v) is 3.23. The Morgan fingerprint density at radius 2 is 1.17 bits per heavy atom. The van der Waals surface area contributed by atoms with Crippen molar-refractivity contribution < 1.29 is 30.7 Å². The van der Waals surface area contributed by atoms with Crippen LogP contribution in [0.5, 0.6) is 0 Å². The highest BCUT2D eigenvalue weighted by molar-refractivity contribution is 5.75. The second kappa shape index (κ2) is 5.24. The molecular formula is C11H5F7. The number of hydrogen-bond donors (Lipinski definition) is 0. The molecule has 1 aromatic carbocycles. The van der Waals surface area contributed by atoms with Crippen LogP contribution in [0.25, 0.3) is 11.7 Å². The van der Waals surface area contributed by atoms with E-state index >= 15 is 0 Å². The van der Waals surface area contributed by atoms with E-state index in [9.17, 15) is 30.7 Å². The molecule has 0 aliphatic carbocycles. The Kier molecular flexibility index (Phi) is 4.15. The minimum Gasteiger partial charge on any atom is -0.209 e. The maximum Gasteiger partial charge on any atom is 0.306 e. The first-order valence-corrected chi connectivity index (χ1v) is 4.48. The first kappa shape index (κ1) is 14.3. The average molecular weight is 270 g/mol. The summed E-state index contributed by atoms with van der Waals surface area (Å²) in [7, 11) is 0. The molecule has 0 unspecified atom stereocenters. The van der Waals surface area contributed by atoms with Crippen LogP contribution in [0, 0.1) is 11.6 Å². The number of benzene rings is 1. The Hall–Kier alpha value is -1.79. The lowest BCUT2D eigenvalue weighted by Crippen LogP contribution is -1.96. The number of hydrogen-bond acceptors (Lipinski definition) is 0. The van der Waals surface area contributed by atoms with Gasteiger partial charge in [-0.2, -0.15) is 8.78 Å². The summed E-state index contributed by atoms with van der Waals surface area (Å²) in [5.41, 5.74) is -2.39. The highest BCUT2D eigenvalue weighted by Gasteiger charge is 2.21. The van der Waals surface area contributed by atoms with Gasteiger partial charge in [0.25, 0.3) is 0 Å². The fraction of sp³-hybridized carbons (Fsp3) is 0.0909. The SMILES string of the molecule is C/C(F)=C(\F)c1cc(F)c(F)cc1C(F)=C(F)F. The van der Waals surface area contributed by atoms with E-state index in [0.29, 0.717) is 6.92 Å². The Balaban J connectivity index is 3.65. The molecule has 0 amide bonds. The largest absolute Gasteiger partial charge is 0.306 e. The van der Waals surface area contributed by atoms with Crippen molar-refractivity contribution in [3.05, 3.63) is 46.8 Å². The van der Waals surface area contributed by atoms with Crippen LogP contribution in [0.1, 0.15) is 18.1 Å².